The fourth-order valence-corrected chi connectivity index (χ4v) is 2.38. The van der Waals surface area contributed by atoms with Crippen LogP contribution in [0.2, 0.25) is 0 Å². The number of alkyl halides is 2. The van der Waals surface area contributed by atoms with Gasteiger partial charge in [0.1, 0.15) is 5.75 Å². The van der Waals surface area contributed by atoms with Gasteiger partial charge >= 0.3 is 0 Å². The van der Waals surface area contributed by atoms with Gasteiger partial charge in [-0.15, -0.1) is 0 Å². The largest absolute Gasteiger partial charge is 0.507 e. The molecule has 1 saturated heterocycles. The molecule has 0 saturated carbocycles. The van der Waals surface area contributed by atoms with Crippen LogP contribution in [0.4, 0.5) is 8.78 Å². The molecule has 0 aromatic heterocycles. The number of halogens is 2. The molecule has 1 aliphatic rings. The SMILES string of the molecule is CC(F)(F)c1cccc(C2CCNCC2)c1O. The molecule has 1 fully saturated rings. The van der Waals surface area contributed by atoms with Gasteiger partial charge in [-0.05, 0) is 43.5 Å². The summed E-state index contributed by atoms with van der Waals surface area (Å²) in [6, 6.07) is 4.64. The molecule has 4 heteroatoms. The van der Waals surface area contributed by atoms with E-state index in [0.29, 0.717) is 5.56 Å². The number of piperidine rings is 1. The maximum atomic E-state index is 13.3. The standard InChI is InChI=1S/C13H17F2NO/c1-13(14,15)11-4-2-3-10(12(11)17)9-5-7-16-8-6-9/h2-4,9,16-17H,5-8H2,1H3. The Morgan fingerprint density at radius 3 is 2.53 bits per heavy atom. The molecule has 94 valence electrons. The van der Waals surface area contributed by atoms with E-state index in [4.69, 9.17) is 0 Å². The predicted octanol–water partition coefficient (Wildman–Crippen LogP) is 2.97. The van der Waals surface area contributed by atoms with E-state index in [2.05, 4.69) is 5.32 Å². The van der Waals surface area contributed by atoms with E-state index in [1.54, 1.807) is 12.1 Å². The summed E-state index contributed by atoms with van der Waals surface area (Å²) in [6.45, 7) is 2.56. The van der Waals surface area contributed by atoms with Crippen molar-refractivity contribution in [1.29, 1.82) is 0 Å². The summed E-state index contributed by atoms with van der Waals surface area (Å²) in [7, 11) is 0. The number of hydrogen-bond acceptors (Lipinski definition) is 2. The molecular formula is C13H17F2NO. The molecule has 2 rings (SSSR count). The summed E-state index contributed by atoms with van der Waals surface area (Å²) in [6.07, 6.45) is 1.76. The summed E-state index contributed by atoms with van der Waals surface area (Å²) >= 11 is 0. The highest BCUT2D eigenvalue weighted by Gasteiger charge is 2.30. The summed E-state index contributed by atoms with van der Waals surface area (Å²) in [5.41, 5.74) is 0.388. The minimum Gasteiger partial charge on any atom is -0.507 e. The van der Waals surface area contributed by atoms with Crippen molar-refractivity contribution in [1.82, 2.24) is 5.32 Å². The topological polar surface area (TPSA) is 32.3 Å². The highest BCUT2D eigenvalue weighted by molar-refractivity contribution is 5.44. The fraction of sp³-hybridized carbons (Fsp3) is 0.538. The van der Waals surface area contributed by atoms with Crippen molar-refractivity contribution < 1.29 is 13.9 Å². The normalized spacial score (nSPS) is 18.3. The predicted molar refractivity (Wildman–Crippen MR) is 62.5 cm³/mol. The van der Waals surface area contributed by atoms with Crippen LogP contribution < -0.4 is 5.32 Å². The third-order valence-electron chi connectivity index (χ3n) is 3.32. The molecular weight excluding hydrogens is 224 g/mol. The van der Waals surface area contributed by atoms with Crippen molar-refractivity contribution in [2.24, 2.45) is 0 Å². The van der Waals surface area contributed by atoms with Gasteiger partial charge in [0.25, 0.3) is 5.92 Å². The van der Waals surface area contributed by atoms with E-state index in [9.17, 15) is 13.9 Å². The van der Waals surface area contributed by atoms with Crippen LogP contribution in [0.15, 0.2) is 18.2 Å². The van der Waals surface area contributed by atoms with Gasteiger partial charge in [-0.1, -0.05) is 12.1 Å². The number of phenolic OH excluding ortho intramolecular Hbond substituents is 1. The van der Waals surface area contributed by atoms with Crippen molar-refractivity contribution in [2.45, 2.75) is 31.6 Å². The minimum atomic E-state index is -2.99. The van der Waals surface area contributed by atoms with Crippen molar-refractivity contribution >= 4 is 0 Å². The number of hydrogen-bond donors (Lipinski definition) is 2. The van der Waals surface area contributed by atoms with Gasteiger partial charge in [-0.25, -0.2) is 8.78 Å². The lowest BCUT2D eigenvalue weighted by atomic mass is 9.88. The van der Waals surface area contributed by atoms with E-state index in [0.717, 1.165) is 32.9 Å². The quantitative estimate of drug-likeness (QED) is 0.834. The van der Waals surface area contributed by atoms with Crippen molar-refractivity contribution in [3.8, 4) is 5.75 Å². The van der Waals surface area contributed by atoms with Crippen LogP contribution in [0.5, 0.6) is 5.75 Å². The van der Waals surface area contributed by atoms with Crippen LogP contribution in [-0.2, 0) is 5.92 Å². The summed E-state index contributed by atoms with van der Waals surface area (Å²) < 4.78 is 26.6. The molecule has 0 spiro atoms. The second-order valence-corrected chi connectivity index (χ2v) is 4.66. The van der Waals surface area contributed by atoms with E-state index in [1.165, 1.54) is 6.07 Å². The molecule has 0 unspecified atom stereocenters. The molecule has 2 nitrogen and oxygen atoms in total. The smallest absolute Gasteiger partial charge is 0.274 e. The number of rotatable bonds is 2. The first-order valence-corrected chi connectivity index (χ1v) is 5.91. The van der Waals surface area contributed by atoms with Crippen molar-refractivity contribution in [3.63, 3.8) is 0 Å². The Morgan fingerprint density at radius 2 is 1.94 bits per heavy atom. The lowest BCUT2D eigenvalue weighted by molar-refractivity contribution is 0.0150. The van der Waals surface area contributed by atoms with Gasteiger partial charge in [0.2, 0.25) is 0 Å². The molecule has 2 N–H and O–H groups in total. The molecule has 17 heavy (non-hydrogen) atoms. The van der Waals surface area contributed by atoms with Gasteiger partial charge in [0.05, 0.1) is 5.56 Å². The summed E-state index contributed by atoms with van der Waals surface area (Å²) in [5.74, 6) is -3.04. The molecule has 0 atom stereocenters. The Hall–Kier alpha value is -1.16. The lowest BCUT2D eigenvalue weighted by Crippen LogP contribution is -2.26. The number of aromatic hydroxyl groups is 1. The Labute approximate surface area is 99.7 Å². The molecule has 1 aliphatic heterocycles. The summed E-state index contributed by atoms with van der Waals surface area (Å²) in [5, 5.41) is 13.2. The third kappa shape index (κ3) is 2.57. The van der Waals surface area contributed by atoms with Crippen LogP contribution in [0.3, 0.4) is 0 Å². The van der Waals surface area contributed by atoms with Crippen molar-refractivity contribution in [3.05, 3.63) is 29.3 Å². The van der Waals surface area contributed by atoms with Crippen LogP contribution in [0.1, 0.15) is 36.8 Å². The fourth-order valence-electron chi connectivity index (χ4n) is 2.38. The van der Waals surface area contributed by atoms with Crippen LogP contribution in [0.25, 0.3) is 0 Å². The monoisotopic (exact) mass is 241 g/mol. The van der Waals surface area contributed by atoms with Crippen LogP contribution in [0, 0.1) is 0 Å². The van der Waals surface area contributed by atoms with Gasteiger partial charge in [-0.2, -0.15) is 0 Å². The zero-order valence-corrected chi connectivity index (χ0v) is 9.84. The number of benzene rings is 1. The summed E-state index contributed by atoms with van der Waals surface area (Å²) in [4.78, 5) is 0. The number of para-hydroxylation sites is 1. The molecule has 0 bridgehead atoms. The Kier molecular flexibility index (Phi) is 3.33. The number of nitrogens with one attached hydrogen (secondary N) is 1. The van der Waals surface area contributed by atoms with Crippen LogP contribution in [-0.4, -0.2) is 18.2 Å². The van der Waals surface area contributed by atoms with E-state index >= 15 is 0 Å². The zero-order chi connectivity index (χ0) is 12.5. The van der Waals surface area contributed by atoms with E-state index in [-0.39, 0.29) is 17.2 Å². The van der Waals surface area contributed by atoms with Gasteiger partial charge in [0, 0.05) is 6.92 Å². The third-order valence-corrected chi connectivity index (χ3v) is 3.32. The van der Waals surface area contributed by atoms with Crippen LogP contribution >= 0.6 is 0 Å². The second-order valence-electron chi connectivity index (χ2n) is 4.66. The van der Waals surface area contributed by atoms with Gasteiger partial charge < -0.3 is 10.4 Å². The Morgan fingerprint density at radius 1 is 1.29 bits per heavy atom. The molecule has 0 amide bonds. The Balaban J connectivity index is 2.35. The highest BCUT2D eigenvalue weighted by atomic mass is 19.3. The molecule has 0 aliphatic carbocycles. The molecule has 1 aromatic carbocycles. The number of phenols is 1. The first-order chi connectivity index (χ1) is 8.00. The van der Waals surface area contributed by atoms with Crippen molar-refractivity contribution in [2.75, 3.05) is 13.1 Å². The van der Waals surface area contributed by atoms with Gasteiger partial charge in [0.15, 0.2) is 0 Å². The maximum absolute atomic E-state index is 13.3. The maximum Gasteiger partial charge on any atom is 0.274 e. The molecule has 1 aromatic rings. The minimum absolute atomic E-state index is 0.179. The lowest BCUT2D eigenvalue weighted by Gasteiger charge is -2.25. The average Bonchev–Trinajstić information content (AvgIpc) is 2.29. The Bertz CT molecular complexity index is 395. The highest BCUT2D eigenvalue weighted by Crippen LogP contribution is 2.40. The first kappa shape index (κ1) is 12.3. The second kappa shape index (κ2) is 4.61. The average molecular weight is 241 g/mol. The van der Waals surface area contributed by atoms with E-state index in [1.807, 2.05) is 0 Å². The molecule has 1 heterocycles. The van der Waals surface area contributed by atoms with Gasteiger partial charge in [-0.3, -0.25) is 0 Å². The first-order valence-electron chi connectivity index (χ1n) is 5.91. The van der Waals surface area contributed by atoms with E-state index < -0.39 is 5.92 Å². The molecule has 0 radical (unpaired) electrons. The zero-order valence-electron chi connectivity index (χ0n) is 9.84.